The van der Waals surface area contributed by atoms with Crippen LogP contribution in [0, 0.1) is 0 Å². The minimum absolute atomic E-state index is 0.123. The molecule has 0 spiro atoms. The molecule has 1 aromatic heterocycles. The molecule has 0 unspecified atom stereocenters. The molecule has 3 rings (SSSR count). The van der Waals surface area contributed by atoms with E-state index in [1.807, 2.05) is 6.92 Å². The molecule has 1 amide bonds. The quantitative estimate of drug-likeness (QED) is 0.159. The Morgan fingerprint density at radius 1 is 1.06 bits per heavy atom. The fourth-order valence-corrected chi connectivity index (χ4v) is 3.05. The van der Waals surface area contributed by atoms with Gasteiger partial charge in [-0.1, -0.05) is 6.07 Å². The SMILES string of the molecule is CCOc1ccc(/C=C/C(=O)Oc2ccc3cc(C(=O)NCCOC)c(=O)oc3c2)cc1OC. The highest BCUT2D eigenvalue weighted by atomic mass is 16.5. The van der Waals surface area contributed by atoms with Crippen LogP contribution in [0.15, 0.2) is 57.8 Å². The maximum Gasteiger partial charge on any atom is 0.349 e. The number of hydrogen-bond acceptors (Lipinski definition) is 8. The van der Waals surface area contributed by atoms with Crippen LogP contribution in [-0.2, 0) is 9.53 Å². The Bertz CT molecular complexity index is 1260. The predicted molar refractivity (Wildman–Crippen MR) is 126 cm³/mol. The van der Waals surface area contributed by atoms with Crippen LogP contribution in [0.4, 0.5) is 0 Å². The minimum Gasteiger partial charge on any atom is -0.493 e. The molecular weight excluding hydrogens is 442 g/mol. The van der Waals surface area contributed by atoms with Gasteiger partial charge in [-0.2, -0.15) is 0 Å². The summed E-state index contributed by atoms with van der Waals surface area (Å²) >= 11 is 0. The van der Waals surface area contributed by atoms with Crippen LogP contribution >= 0.6 is 0 Å². The van der Waals surface area contributed by atoms with Gasteiger partial charge in [0.15, 0.2) is 11.5 Å². The van der Waals surface area contributed by atoms with E-state index in [1.54, 1.807) is 36.4 Å². The van der Waals surface area contributed by atoms with E-state index >= 15 is 0 Å². The average molecular weight is 467 g/mol. The number of ether oxygens (including phenoxy) is 4. The molecule has 0 fully saturated rings. The summed E-state index contributed by atoms with van der Waals surface area (Å²) in [5.74, 6) is 0.168. The third-order valence-corrected chi connectivity index (χ3v) is 4.66. The lowest BCUT2D eigenvalue weighted by molar-refractivity contribution is -0.128. The Kier molecular flexibility index (Phi) is 8.42. The Morgan fingerprint density at radius 2 is 1.88 bits per heavy atom. The summed E-state index contributed by atoms with van der Waals surface area (Å²) in [7, 11) is 3.04. The van der Waals surface area contributed by atoms with E-state index in [2.05, 4.69) is 5.32 Å². The topological polar surface area (TPSA) is 113 Å². The van der Waals surface area contributed by atoms with Gasteiger partial charge in [-0.15, -0.1) is 0 Å². The molecule has 0 aliphatic carbocycles. The zero-order valence-corrected chi connectivity index (χ0v) is 19.1. The van der Waals surface area contributed by atoms with Crippen molar-refractivity contribution in [2.75, 3.05) is 34.0 Å². The van der Waals surface area contributed by atoms with Crippen molar-refractivity contribution in [3.63, 3.8) is 0 Å². The molecule has 0 atom stereocenters. The fraction of sp³-hybridized carbons (Fsp3) is 0.240. The summed E-state index contributed by atoms with van der Waals surface area (Å²) in [6.45, 7) is 2.96. The normalized spacial score (nSPS) is 10.9. The van der Waals surface area contributed by atoms with Crippen LogP contribution in [0.2, 0.25) is 0 Å². The van der Waals surface area contributed by atoms with Crippen molar-refractivity contribution in [2.45, 2.75) is 6.92 Å². The van der Waals surface area contributed by atoms with Gasteiger partial charge in [0.25, 0.3) is 5.91 Å². The van der Waals surface area contributed by atoms with Crippen LogP contribution < -0.4 is 25.2 Å². The molecule has 0 bridgehead atoms. The number of methoxy groups -OCH3 is 2. The number of nitrogens with one attached hydrogen (secondary N) is 1. The number of carbonyl (C=O) groups excluding carboxylic acids is 2. The maximum atomic E-state index is 12.3. The molecule has 0 aliphatic heterocycles. The standard InChI is InChI=1S/C25H25NO8/c1-4-32-20-9-5-16(13-22(20)31-3)6-10-23(27)33-18-8-7-17-14-19(24(28)26-11-12-30-2)25(29)34-21(17)15-18/h5-10,13-15H,4,11-12H2,1-3H3,(H,26,28)/b10-6+. The van der Waals surface area contributed by atoms with Gasteiger partial charge in [-0.05, 0) is 48.9 Å². The molecule has 0 radical (unpaired) electrons. The van der Waals surface area contributed by atoms with Crippen molar-refractivity contribution in [3.05, 3.63) is 70.1 Å². The fourth-order valence-electron chi connectivity index (χ4n) is 3.05. The largest absolute Gasteiger partial charge is 0.493 e. The van der Waals surface area contributed by atoms with Crippen molar-refractivity contribution in [1.29, 1.82) is 0 Å². The summed E-state index contributed by atoms with van der Waals surface area (Å²) in [4.78, 5) is 36.6. The molecule has 3 aromatic rings. The summed E-state index contributed by atoms with van der Waals surface area (Å²) in [6, 6.07) is 11.2. The second-order valence-electron chi connectivity index (χ2n) is 6.99. The lowest BCUT2D eigenvalue weighted by Crippen LogP contribution is -2.30. The Hall–Kier alpha value is -4.11. The van der Waals surface area contributed by atoms with E-state index in [0.29, 0.717) is 30.1 Å². The summed E-state index contributed by atoms with van der Waals surface area (Å²) in [5.41, 5.74) is -0.0145. The van der Waals surface area contributed by atoms with Gasteiger partial charge in [0, 0.05) is 31.2 Å². The number of esters is 1. The molecule has 9 heteroatoms. The smallest absolute Gasteiger partial charge is 0.349 e. The number of hydrogen-bond donors (Lipinski definition) is 1. The van der Waals surface area contributed by atoms with Crippen LogP contribution in [-0.4, -0.2) is 45.9 Å². The zero-order chi connectivity index (χ0) is 24.5. The summed E-state index contributed by atoms with van der Waals surface area (Å²) < 4.78 is 26.2. The highest BCUT2D eigenvalue weighted by Gasteiger charge is 2.14. The second-order valence-corrected chi connectivity index (χ2v) is 6.99. The van der Waals surface area contributed by atoms with E-state index in [-0.39, 0.29) is 23.4 Å². The number of carbonyl (C=O) groups is 2. The van der Waals surface area contributed by atoms with E-state index in [9.17, 15) is 14.4 Å². The first-order chi connectivity index (χ1) is 16.4. The first-order valence-corrected chi connectivity index (χ1v) is 10.5. The van der Waals surface area contributed by atoms with Crippen molar-refractivity contribution in [1.82, 2.24) is 5.32 Å². The van der Waals surface area contributed by atoms with Gasteiger partial charge in [0.2, 0.25) is 0 Å². The molecule has 1 heterocycles. The third kappa shape index (κ3) is 6.23. The highest BCUT2D eigenvalue weighted by Crippen LogP contribution is 2.28. The molecule has 0 saturated carbocycles. The van der Waals surface area contributed by atoms with Crippen molar-refractivity contribution in [3.8, 4) is 17.2 Å². The third-order valence-electron chi connectivity index (χ3n) is 4.66. The number of fused-ring (bicyclic) bond motifs is 1. The van der Waals surface area contributed by atoms with Gasteiger partial charge in [0.05, 0.1) is 20.3 Å². The van der Waals surface area contributed by atoms with E-state index in [1.165, 1.54) is 32.4 Å². The first-order valence-electron chi connectivity index (χ1n) is 10.5. The highest BCUT2D eigenvalue weighted by molar-refractivity contribution is 5.97. The van der Waals surface area contributed by atoms with E-state index in [4.69, 9.17) is 23.4 Å². The van der Waals surface area contributed by atoms with Gasteiger partial charge in [0.1, 0.15) is 16.9 Å². The van der Waals surface area contributed by atoms with E-state index in [0.717, 1.165) is 5.56 Å². The molecule has 178 valence electrons. The zero-order valence-electron chi connectivity index (χ0n) is 19.1. The van der Waals surface area contributed by atoms with Gasteiger partial charge in [-0.25, -0.2) is 9.59 Å². The van der Waals surface area contributed by atoms with Gasteiger partial charge < -0.3 is 28.7 Å². The number of amides is 1. The second kappa shape index (κ2) is 11.7. The molecule has 2 aromatic carbocycles. The Balaban J connectivity index is 1.71. The lowest BCUT2D eigenvalue weighted by atomic mass is 10.1. The lowest BCUT2D eigenvalue weighted by Gasteiger charge is -2.09. The molecular formula is C25H25NO8. The van der Waals surface area contributed by atoms with Crippen molar-refractivity contribution in [2.24, 2.45) is 0 Å². The minimum atomic E-state index is -0.796. The molecule has 1 N–H and O–H groups in total. The van der Waals surface area contributed by atoms with Crippen LogP contribution in [0.3, 0.4) is 0 Å². The predicted octanol–water partition coefficient (Wildman–Crippen LogP) is 3.20. The molecule has 34 heavy (non-hydrogen) atoms. The van der Waals surface area contributed by atoms with Gasteiger partial charge >= 0.3 is 11.6 Å². The number of rotatable bonds is 10. The van der Waals surface area contributed by atoms with Crippen LogP contribution in [0.5, 0.6) is 17.2 Å². The molecule has 0 aliphatic rings. The van der Waals surface area contributed by atoms with Crippen LogP contribution in [0.25, 0.3) is 17.0 Å². The van der Waals surface area contributed by atoms with Gasteiger partial charge in [-0.3, -0.25) is 4.79 Å². The average Bonchev–Trinajstić information content (AvgIpc) is 2.83. The summed E-state index contributed by atoms with van der Waals surface area (Å²) in [5, 5.41) is 3.08. The number of benzene rings is 2. The first kappa shape index (κ1) is 24.5. The van der Waals surface area contributed by atoms with Crippen molar-refractivity contribution < 1.29 is 33.0 Å². The summed E-state index contributed by atoms with van der Waals surface area (Å²) in [6.07, 6.45) is 2.85. The van der Waals surface area contributed by atoms with Crippen molar-refractivity contribution >= 4 is 28.9 Å². The van der Waals surface area contributed by atoms with E-state index < -0.39 is 17.5 Å². The Labute approximate surface area is 195 Å². The molecule has 9 nitrogen and oxygen atoms in total. The van der Waals surface area contributed by atoms with Crippen LogP contribution in [0.1, 0.15) is 22.8 Å². The monoisotopic (exact) mass is 467 g/mol. The Morgan fingerprint density at radius 3 is 2.62 bits per heavy atom. The maximum absolute atomic E-state index is 12.3. The molecule has 0 saturated heterocycles.